The zero-order valence-corrected chi connectivity index (χ0v) is 17.7. The number of para-hydroxylation sites is 1. The number of amides is 1. The summed E-state index contributed by atoms with van der Waals surface area (Å²) < 4.78 is 21.7. The molecule has 1 aromatic carbocycles. The molecule has 0 radical (unpaired) electrons. The van der Waals surface area contributed by atoms with Gasteiger partial charge in [-0.3, -0.25) is 4.79 Å². The van der Waals surface area contributed by atoms with E-state index in [1.807, 2.05) is 36.1 Å². The Hall–Kier alpha value is -1.92. The highest BCUT2D eigenvalue weighted by Gasteiger charge is 2.41. The van der Waals surface area contributed by atoms with Gasteiger partial charge in [-0.1, -0.05) is 30.9 Å². The van der Waals surface area contributed by atoms with Crippen molar-refractivity contribution in [2.75, 3.05) is 40.5 Å². The smallest absolute Gasteiger partial charge is 0.209 e. The number of halogens is 1. The van der Waals surface area contributed by atoms with Crippen LogP contribution in [-0.2, 0) is 9.53 Å². The molecule has 0 bridgehead atoms. The van der Waals surface area contributed by atoms with Crippen LogP contribution in [-0.4, -0.2) is 57.4 Å². The molecule has 1 heterocycles. The summed E-state index contributed by atoms with van der Waals surface area (Å²) in [5.41, 5.74) is 5.11. The molecule has 0 atom stereocenters. The molecule has 2 fully saturated rings. The molecule has 0 unspecified atom stereocenters. The predicted octanol–water partition coefficient (Wildman–Crippen LogP) is 4.07. The van der Waals surface area contributed by atoms with Crippen molar-refractivity contribution in [1.29, 1.82) is 0 Å². The maximum Gasteiger partial charge on any atom is 0.209 e. The summed E-state index contributed by atoms with van der Waals surface area (Å²) in [5.74, 6) is 0.907. The van der Waals surface area contributed by atoms with Crippen LogP contribution in [0.15, 0.2) is 30.8 Å². The normalized spacial score (nSPS) is 16.0. The SMILES string of the molecule is C=Cc1ccccc1OCC.COC.NCC1(F)CC1.O=CN1CCCCC1. The van der Waals surface area contributed by atoms with Gasteiger partial charge < -0.3 is 20.1 Å². The minimum absolute atomic E-state index is 0.215. The summed E-state index contributed by atoms with van der Waals surface area (Å²) in [4.78, 5) is 11.9. The number of carbonyl (C=O) groups is 1. The van der Waals surface area contributed by atoms with Crippen molar-refractivity contribution in [3.8, 4) is 5.75 Å². The van der Waals surface area contributed by atoms with E-state index in [0.717, 1.165) is 30.8 Å². The van der Waals surface area contributed by atoms with Gasteiger partial charge in [-0.05, 0) is 45.1 Å². The highest BCUT2D eigenvalue weighted by atomic mass is 19.1. The topological polar surface area (TPSA) is 64.8 Å². The second kappa shape index (κ2) is 16.1. The Morgan fingerprint density at radius 2 is 1.79 bits per heavy atom. The molecule has 1 aromatic rings. The van der Waals surface area contributed by atoms with Crippen LogP contribution in [0.2, 0.25) is 0 Å². The van der Waals surface area contributed by atoms with Crippen molar-refractivity contribution < 1.29 is 18.7 Å². The lowest BCUT2D eigenvalue weighted by Crippen LogP contribution is -2.27. The molecule has 6 heteroatoms. The minimum Gasteiger partial charge on any atom is -0.493 e. The zero-order valence-electron chi connectivity index (χ0n) is 17.7. The first-order valence-corrected chi connectivity index (χ1v) is 9.82. The van der Waals surface area contributed by atoms with Gasteiger partial charge in [0.2, 0.25) is 6.41 Å². The predicted molar refractivity (Wildman–Crippen MR) is 114 cm³/mol. The summed E-state index contributed by atoms with van der Waals surface area (Å²) >= 11 is 0. The van der Waals surface area contributed by atoms with Crippen LogP contribution in [0.5, 0.6) is 5.75 Å². The van der Waals surface area contributed by atoms with E-state index >= 15 is 0 Å². The van der Waals surface area contributed by atoms with Gasteiger partial charge in [-0.25, -0.2) is 4.39 Å². The first-order valence-electron chi connectivity index (χ1n) is 9.82. The lowest BCUT2D eigenvalue weighted by atomic mass is 10.1. The third-order valence-corrected chi connectivity index (χ3v) is 4.14. The van der Waals surface area contributed by atoms with Gasteiger partial charge in [0.15, 0.2) is 0 Å². The number of rotatable bonds is 5. The lowest BCUT2D eigenvalue weighted by Gasteiger charge is -2.21. The Morgan fingerprint density at radius 1 is 1.21 bits per heavy atom. The summed E-state index contributed by atoms with van der Waals surface area (Å²) in [7, 11) is 3.25. The van der Waals surface area contributed by atoms with E-state index < -0.39 is 5.67 Å². The average Bonchev–Trinajstić information content (AvgIpc) is 3.49. The fourth-order valence-electron chi connectivity index (χ4n) is 2.30. The van der Waals surface area contributed by atoms with E-state index in [2.05, 4.69) is 11.3 Å². The van der Waals surface area contributed by atoms with Crippen molar-refractivity contribution in [1.82, 2.24) is 4.90 Å². The number of ether oxygens (including phenoxy) is 2. The second-order valence-electron chi connectivity index (χ2n) is 6.64. The van der Waals surface area contributed by atoms with Crippen molar-refractivity contribution in [2.24, 2.45) is 5.73 Å². The van der Waals surface area contributed by atoms with Crippen LogP contribution in [0.25, 0.3) is 6.08 Å². The Kier molecular flexibility index (Phi) is 15.0. The summed E-state index contributed by atoms with van der Waals surface area (Å²) in [6.07, 6.45) is 7.79. The Labute approximate surface area is 169 Å². The third-order valence-electron chi connectivity index (χ3n) is 4.14. The van der Waals surface area contributed by atoms with E-state index in [1.54, 1.807) is 20.3 Å². The molecule has 0 aromatic heterocycles. The van der Waals surface area contributed by atoms with Crippen LogP contribution in [0.4, 0.5) is 4.39 Å². The van der Waals surface area contributed by atoms with Crippen molar-refractivity contribution in [3.63, 3.8) is 0 Å². The molecule has 2 aliphatic rings. The molecule has 1 saturated heterocycles. The molecule has 2 N–H and O–H groups in total. The van der Waals surface area contributed by atoms with Crippen molar-refractivity contribution in [3.05, 3.63) is 36.4 Å². The number of benzene rings is 1. The molecule has 3 rings (SSSR count). The quantitative estimate of drug-likeness (QED) is 0.762. The standard InChI is InChI=1S/C10H12O.C6H11NO.C4H8FN.C2H6O/c1-3-9-7-5-6-8-10(9)11-4-2;8-6-7-4-2-1-3-5-7;5-4(3-6)1-2-4;1-3-2/h3,5-8H,1,4H2,2H3;6H,1-5H2;1-3,6H2;1-2H3. The molecular weight excluding hydrogens is 359 g/mol. The number of methoxy groups -OCH3 is 1. The van der Waals surface area contributed by atoms with E-state index in [0.29, 0.717) is 19.4 Å². The lowest BCUT2D eigenvalue weighted by molar-refractivity contribution is -0.118. The van der Waals surface area contributed by atoms with E-state index in [1.165, 1.54) is 19.3 Å². The van der Waals surface area contributed by atoms with Crippen LogP contribution >= 0.6 is 0 Å². The van der Waals surface area contributed by atoms with Crippen LogP contribution < -0.4 is 10.5 Å². The maximum absolute atomic E-state index is 12.1. The van der Waals surface area contributed by atoms with Crippen LogP contribution in [0, 0.1) is 0 Å². The van der Waals surface area contributed by atoms with E-state index in [9.17, 15) is 9.18 Å². The molecule has 5 nitrogen and oxygen atoms in total. The Bertz CT molecular complexity index is 530. The fraction of sp³-hybridized carbons (Fsp3) is 0.591. The zero-order chi connectivity index (χ0) is 21.3. The number of likely N-dealkylation sites (tertiary alicyclic amines) is 1. The first kappa shape index (κ1) is 26.1. The molecule has 160 valence electrons. The molecular formula is C22H37FN2O3. The van der Waals surface area contributed by atoms with E-state index in [4.69, 9.17) is 10.5 Å². The molecule has 1 aliphatic carbocycles. The Morgan fingerprint density at radius 3 is 2.14 bits per heavy atom. The van der Waals surface area contributed by atoms with Crippen molar-refractivity contribution >= 4 is 12.5 Å². The second-order valence-corrected chi connectivity index (χ2v) is 6.64. The van der Waals surface area contributed by atoms with Crippen LogP contribution in [0.3, 0.4) is 0 Å². The van der Waals surface area contributed by atoms with E-state index in [-0.39, 0.29) is 6.54 Å². The summed E-state index contributed by atoms with van der Waals surface area (Å²) in [6.45, 7) is 8.53. The van der Waals surface area contributed by atoms with Gasteiger partial charge in [0.1, 0.15) is 11.4 Å². The number of carbonyl (C=O) groups excluding carboxylic acids is 1. The highest BCUT2D eigenvalue weighted by molar-refractivity contribution is 5.55. The molecule has 28 heavy (non-hydrogen) atoms. The fourth-order valence-corrected chi connectivity index (χ4v) is 2.30. The summed E-state index contributed by atoms with van der Waals surface area (Å²) in [6, 6.07) is 7.86. The highest BCUT2D eigenvalue weighted by Crippen LogP contribution is 2.37. The molecule has 1 saturated carbocycles. The maximum atomic E-state index is 12.1. The Balaban J connectivity index is 0.000000378. The molecule has 0 spiro atoms. The number of nitrogens with two attached hydrogens (primary N) is 1. The molecule has 1 aliphatic heterocycles. The largest absolute Gasteiger partial charge is 0.493 e. The van der Waals surface area contributed by atoms with Crippen molar-refractivity contribution in [2.45, 2.75) is 44.7 Å². The van der Waals surface area contributed by atoms with Crippen LogP contribution in [0.1, 0.15) is 44.6 Å². The average molecular weight is 397 g/mol. The van der Waals surface area contributed by atoms with Gasteiger partial charge >= 0.3 is 0 Å². The van der Waals surface area contributed by atoms with Gasteiger partial charge in [0.05, 0.1) is 6.61 Å². The van der Waals surface area contributed by atoms with Gasteiger partial charge in [0, 0.05) is 39.4 Å². The van der Waals surface area contributed by atoms with Gasteiger partial charge in [-0.2, -0.15) is 0 Å². The third kappa shape index (κ3) is 12.5. The molecule has 1 amide bonds. The number of nitrogens with zero attached hydrogens (tertiary/aromatic N) is 1. The first-order chi connectivity index (χ1) is 13.5. The number of hydrogen-bond acceptors (Lipinski definition) is 4. The number of hydrogen-bond donors (Lipinski definition) is 1. The monoisotopic (exact) mass is 396 g/mol. The summed E-state index contributed by atoms with van der Waals surface area (Å²) in [5, 5.41) is 0. The minimum atomic E-state index is -0.931. The number of alkyl halides is 1. The van der Waals surface area contributed by atoms with Gasteiger partial charge in [0.25, 0.3) is 0 Å². The number of piperidine rings is 1. The van der Waals surface area contributed by atoms with Gasteiger partial charge in [-0.15, -0.1) is 0 Å².